The molecule has 0 saturated carbocycles. The quantitative estimate of drug-likeness (QED) is 0.598. The molecule has 2 aromatic carbocycles. The molecule has 0 N–H and O–H groups in total. The topological polar surface area (TPSA) is 64.5 Å². The van der Waals surface area contributed by atoms with Crippen LogP contribution in [0.2, 0.25) is 0 Å². The van der Waals surface area contributed by atoms with E-state index < -0.39 is 0 Å². The summed E-state index contributed by atoms with van der Waals surface area (Å²) in [4.78, 5) is 24.1. The highest BCUT2D eigenvalue weighted by atomic mass is 16.5. The molecule has 1 amide bonds. The molecular weight excluding hydrogens is 390 g/mol. The van der Waals surface area contributed by atoms with Crippen LogP contribution in [0.3, 0.4) is 0 Å². The third kappa shape index (κ3) is 3.32. The summed E-state index contributed by atoms with van der Waals surface area (Å²) in [5, 5.41) is 0. The number of aromatic nitrogens is 2. The minimum atomic E-state index is -0.343. The van der Waals surface area contributed by atoms with Crippen molar-refractivity contribution in [1.82, 2.24) is 14.9 Å². The van der Waals surface area contributed by atoms with Crippen molar-refractivity contribution in [3.8, 4) is 5.75 Å². The van der Waals surface area contributed by atoms with Gasteiger partial charge in [-0.25, -0.2) is 14.8 Å². The van der Waals surface area contributed by atoms with Gasteiger partial charge in [0.25, 0.3) is 0 Å². The van der Waals surface area contributed by atoms with E-state index in [1.165, 1.54) is 11.8 Å². The molecule has 1 aliphatic heterocycles. The highest BCUT2D eigenvalue weighted by molar-refractivity contribution is 5.74. The van der Waals surface area contributed by atoms with Gasteiger partial charge in [0, 0.05) is 24.9 Å². The fraction of sp³-hybridized carbons (Fsp3) is 0.320. The molecule has 2 heterocycles. The number of amides is 1. The molecule has 1 fully saturated rings. The predicted octanol–water partition coefficient (Wildman–Crippen LogP) is 4.28. The third-order valence-corrected chi connectivity index (χ3v) is 6.79. The van der Waals surface area contributed by atoms with E-state index in [0.717, 1.165) is 47.4 Å². The van der Waals surface area contributed by atoms with Crippen molar-refractivity contribution in [3.63, 3.8) is 0 Å². The number of benzene rings is 2. The first-order valence-electron chi connectivity index (χ1n) is 10.6. The second-order valence-electron chi connectivity index (χ2n) is 8.32. The molecule has 2 aliphatic rings. The van der Waals surface area contributed by atoms with E-state index in [9.17, 15) is 4.79 Å². The second-order valence-corrected chi connectivity index (χ2v) is 8.32. The number of carbonyl (C=O) groups is 1. The average molecular weight is 415 g/mol. The molecule has 0 radical (unpaired) electrons. The van der Waals surface area contributed by atoms with Crippen LogP contribution in [0.1, 0.15) is 23.4 Å². The molecular formula is C25H25N3O3. The number of hydrogen-bond donors (Lipinski definition) is 0. The van der Waals surface area contributed by atoms with Gasteiger partial charge in [0.15, 0.2) is 0 Å². The summed E-state index contributed by atoms with van der Waals surface area (Å²) in [6.45, 7) is 4.74. The van der Waals surface area contributed by atoms with Crippen molar-refractivity contribution in [1.29, 1.82) is 0 Å². The zero-order chi connectivity index (χ0) is 21.4. The van der Waals surface area contributed by atoms with Crippen LogP contribution in [0, 0.1) is 5.92 Å². The number of nitrogens with zero attached hydrogens (tertiary/aromatic N) is 3. The van der Waals surface area contributed by atoms with Gasteiger partial charge in [0.1, 0.15) is 5.75 Å². The van der Waals surface area contributed by atoms with E-state index in [2.05, 4.69) is 18.7 Å². The monoisotopic (exact) mass is 415 g/mol. The maximum absolute atomic E-state index is 12.4. The Bertz CT molecular complexity index is 1160. The van der Waals surface area contributed by atoms with E-state index in [0.29, 0.717) is 13.1 Å². The molecule has 6 heteroatoms. The van der Waals surface area contributed by atoms with Crippen LogP contribution >= 0.6 is 0 Å². The summed E-state index contributed by atoms with van der Waals surface area (Å²) in [6.07, 6.45) is 3.24. The number of para-hydroxylation sites is 2. The fourth-order valence-electron chi connectivity index (χ4n) is 5.20. The van der Waals surface area contributed by atoms with Crippen molar-refractivity contribution < 1.29 is 14.3 Å². The van der Waals surface area contributed by atoms with E-state index in [4.69, 9.17) is 19.4 Å². The summed E-state index contributed by atoms with van der Waals surface area (Å²) >= 11 is 0. The molecule has 5 rings (SSSR count). The summed E-state index contributed by atoms with van der Waals surface area (Å²) < 4.78 is 10.6. The van der Waals surface area contributed by atoms with Crippen molar-refractivity contribution in [2.75, 3.05) is 20.2 Å². The number of carbonyl (C=O) groups excluding carboxylic acids is 1. The summed E-state index contributed by atoms with van der Waals surface area (Å²) in [5.41, 5.74) is 5.01. The number of methoxy groups -OCH3 is 1. The van der Waals surface area contributed by atoms with Crippen molar-refractivity contribution in [2.45, 2.75) is 24.7 Å². The molecule has 3 aromatic rings. The van der Waals surface area contributed by atoms with E-state index in [1.807, 2.05) is 36.4 Å². The number of hydrogen-bond acceptors (Lipinski definition) is 5. The average Bonchev–Trinajstić information content (AvgIpc) is 2.81. The van der Waals surface area contributed by atoms with Gasteiger partial charge in [-0.15, -0.1) is 0 Å². The zero-order valence-electron chi connectivity index (χ0n) is 17.6. The smallest absolute Gasteiger partial charge is 0.414 e. The van der Waals surface area contributed by atoms with Crippen LogP contribution in [-0.4, -0.2) is 41.2 Å². The maximum atomic E-state index is 12.4. The normalized spacial score (nSPS) is 22.4. The Hall–Kier alpha value is -3.41. The predicted molar refractivity (Wildman–Crippen MR) is 118 cm³/mol. The number of rotatable bonds is 3. The first kappa shape index (κ1) is 19.5. The first-order chi connectivity index (χ1) is 15.1. The van der Waals surface area contributed by atoms with Gasteiger partial charge in [-0.05, 0) is 48.6 Å². The molecule has 31 heavy (non-hydrogen) atoms. The van der Waals surface area contributed by atoms with Crippen LogP contribution in [0.5, 0.6) is 5.75 Å². The number of likely N-dealkylation sites (tertiary alicyclic amines) is 1. The van der Waals surface area contributed by atoms with Crippen molar-refractivity contribution in [2.24, 2.45) is 5.92 Å². The van der Waals surface area contributed by atoms with Crippen LogP contribution in [0.4, 0.5) is 4.79 Å². The van der Waals surface area contributed by atoms with Gasteiger partial charge in [-0.1, -0.05) is 30.8 Å². The highest BCUT2D eigenvalue weighted by Gasteiger charge is 2.49. The van der Waals surface area contributed by atoms with E-state index in [-0.39, 0.29) is 17.4 Å². The molecule has 0 bridgehead atoms. The zero-order valence-corrected chi connectivity index (χ0v) is 17.6. The second kappa shape index (κ2) is 7.69. The first-order valence-corrected chi connectivity index (χ1v) is 10.6. The molecule has 1 aliphatic carbocycles. The molecule has 2 atom stereocenters. The Morgan fingerprint density at radius 2 is 1.94 bits per heavy atom. The van der Waals surface area contributed by atoms with E-state index in [1.54, 1.807) is 12.0 Å². The van der Waals surface area contributed by atoms with Gasteiger partial charge in [0.2, 0.25) is 0 Å². The Kier molecular flexibility index (Phi) is 4.85. The minimum absolute atomic E-state index is 0.135. The lowest BCUT2D eigenvalue weighted by Crippen LogP contribution is -2.55. The SMILES string of the molecule is C=COC(=O)N1CC[C@]2(c3cccc(OC)c3)Cc3nc4ccccc4nc3C[C@H]2C1. The van der Waals surface area contributed by atoms with Crippen molar-refractivity contribution >= 4 is 17.1 Å². The van der Waals surface area contributed by atoms with Gasteiger partial charge in [-0.3, -0.25) is 0 Å². The minimum Gasteiger partial charge on any atom is -0.497 e. The Morgan fingerprint density at radius 3 is 2.68 bits per heavy atom. The molecule has 0 spiro atoms. The Balaban J connectivity index is 1.60. The van der Waals surface area contributed by atoms with Crippen LogP contribution in [-0.2, 0) is 23.0 Å². The lowest BCUT2D eigenvalue weighted by molar-refractivity contribution is 0.0692. The molecule has 1 saturated heterocycles. The molecule has 1 aromatic heterocycles. The van der Waals surface area contributed by atoms with E-state index >= 15 is 0 Å². The third-order valence-electron chi connectivity index (χ3n) is 6.79. The van der Waals surface area contributed by atoms with Gasteiger partial charge >= 0.3 is 6.09 Å². The molecule has 6 nitrogen and oxygen atoms in total. The van der Waals surface area contributed by atoms with Gasteiger partial charge < -0.3 is 14.4 Å². The van der Waals surface area contributed by atoms with Crippen LogP contribution in [0.25, 0.3) is 11.0 Å². The molecule has 0 unspecified atom stereocenters. The highest BCUT2D eigenvalue weighted by Crippen LogP contribution is 2.48. The number of fused-ring (bicyclic) bond motifs is 3. The van der Waals surface area contributed by atoms with Gasteiger partial charge in [-0.2, -0.15) is 0 Å². The largest absolute Gasteiger partial charge is 0.497 e. The summed E-state index contributed by atoms with van der Waals surface area (Å²) in [5.74, 6) is 1.04. The Labute approximate surface area is 181 Å². The number of ether oxygens (including phenoxy) is 2. The summed E-state index contributed by atoms with van der Waals surface area (Å²) in [7, 11) is 1.69. The Morgan fingerprint density at radius 1 is 1.16 bits per heavy atom. The fourth-order valence-corrected chi connectivity index (χ4v) is 5.20. The van der Waals surface area contributed by atoms with Crippen LogP contribution < -0.4 is 4.74 Å². The standard InChI is InChI=1S/C25H25N3O3/c1-3-31-24(29)28-12-11-25(17-7-6-8-19(13-17)30-2)15-23-22(14-18(25)16-28)26-20-9-4-5-10-21(20)27-23/h3-10,13,18H,1,11-12,14-16H2,2H3/t18-,25+/m0/s1. The lowest BCUT2D eigenvalue weighted by atomic mass is 9.59. The van der Waals surface area contributed by atoms with Crippen molar-refractivity contribution in [3.05, 3.63) is 78.3 Å². The number of piperidine rings is 1. The summed E-state index contributed by atoms with van der Waals surface area (Å²) in [6, 6.07) is 16.3. The molecule has 158 valence electrons. The lowest BCUT2D eigenvalue weighted by Gasteiger charge is -2.50. The maximum Gasteiger partial charge on any atom is 0.414 e. The van der Waals surface area contributed by atoms with Gasteiger partial charge in [0.05, 0.1) is 35.8 Å². The van der Waals surface area contributed by atoms with Crippen LogP contribution in [0.15, 0.2) is 61.4 Å².